The molecule has 0 amide bonds. The Balaban J connectivity index is 2.02. The monoisotopic (exact) mass is 284 g/mol. The Morgan fingerprint density at radius 1 is 1.11 bits per heavy atom. The second kappa shape index (κ2) is 5.56. The third kappa shape index (κ3) is 3.13. The number of benzene rings is 1. The number of rotatable bonds is 5. The Morgan fingerprint density at radius 2 is 1.78 bits per heavy atom. The van der Waals surface area contributed by atoms with E-state index in [2.05, 4.69) is 4.72 Å². The molecular weight excluding hydrogens is 272 g/mol. The summed E-state index contributed by atoms with van der Waals surface area (Å²) in [5.74, 6) is 0. The molecule has 0 aliphatic carbocycles. The van der Waals surface area contributed by atoms with Gasteiger partial charge < -0.3 is 4.57 Å². The van der Waals surface area contributed by atoms with Gasteiger partial charge in [0.25, 0.3) is 0 Å². The van der Waals surface area contributed by atoms with Crippen molar-refractivity contribution in [1.29, 1.82) is 0 Å². The molecular formula is C12H13ClN2O2S. The normalized spacial score (nSPS) is 11.6. The van der Waals surface area contributed by atoms with Crippen molar-refractivity contribution in [3.05, 3.63) is 53.8 Å². The average Bonchev–Trinajstić information content (AvgIpc) is 2.82. The summed E-state index contributed by atoms with van der Waals surface area (Å²) in [6.07, 6.45) is 3.76. The van der Waals surface area contributed by atoms with Crippen molar-refractivity contribution in [2.75, 3.05) is 6.54 Å². The van der Waals surface area contributed by atoms with E-state index in [0.717, 1.165) is 0 Å². The largest absolute Gasteiger partial charge is 0.353 e. The predicted molar refractivity (Wildman–Crippen MR) is 71.1 cm³/mol. The molecule has 1 heterocycles. The molecule has 0 bridgehead atoms. The van der Waals surface area contributed by atoms with Crippen molar-refractivity contribution in [2.45, 2.75) is 11.4 Å². The quantitative estimate of drug-likeness (QED) is 0.914. The van der Waals surface area contributed by atoms with Gasteiger partial charge in [0.1, 0.15) is 4.90 Å². The second-order valence-corrected chi connectivity index (χ2v) is 5.89. The van der Waals surface area contributed by atoms with Gasteiger partial charge in [-0.05, 0) is 24.3 Å². The molecule has 0 aliphatic heterocycles. The molecule has 18 heavy (non-hydrogen) atoms. The minimum atomic E-state index is -3.54. The molecule has 0 radical (unpaired) electrons. The SMILES string of the molecule is O=S(=O)(NCCn1cccc1)c1ccccc1Cl. The summed E-state index contributed by atoms with van der Waals surface area (Å²) in [7, 11) is -3.54. The summed E-state index contributed by atoms with van der Waals surface area (Å²) in [5.41, 5.74) is 0. The van der Waals surface area contributed by atoms with Gasteiger partial charge in [0.15, 0.2) is 0 Å². The Hall–Kier alpha value is -1.30. The van der Waals surface area contributed by atoms with E-state index in [0.29, 0.717) is 13.1 Å². The molecule has 2 aromatic rings. The molecule has 0 unspecified atom stereocenters. The molecule has 0 saturated carbocycles. The second-order valence-electron chi connectivity index (χ2n) is 3.75. The van der Waals surface area contributed by atoms with E-state index in [4.69, 9.17) is 11.6 Å². The van der Waals surface area contributed by atoms with Gasteiger partial charge in [-0.3, -0.25) is 0 Å². The number of halogens is 1. The maximum absolute atomic E-state index is 12.0. The molecule has 0 spiro atoms. The van der Waals surface area contributed by atoms with Gasteiger partial charge in [0.2, 0.25) is 10.0 Å². The van der Waals surface area contributed by atoms with E-state index >= 15 is 0 Å². The van der Waals surface area contributed by atoms with Crippen LogP contribution in [0, 0.1) is 0 Å². The van der Waals surface area contributed by atoms with Gasteiger partial charge in [-0.1, -0.05) is 23.7 Å². The molecule has 4 nitrogen and oxygen atoms in total. The van der Waals surface area contributed by atoms with Crippen LogP contribution in [-0.2, 0) is 16.6 Å². The fourth-order valence-electron chi connectivity index (χ4n) is 1.57. The van der Waals surface area contributed by atoms with Crippen molar-refractivity contribution in [3.8, 4) is 0 Å². The third-order valence-corrected chi connectivity index (χ3v) is 4.42. The van der Waals surface area contributed by atoms with Crippen LogP contribution in [0.1, 0.15) is 0 Å². The minimum Gasteiger partial charge on any atom is -0.353 e. The van der Waals surface area contributed by atoms with Gasteiger partial charge in [0, 0.05) is 25.5 Å². The first-order valence-electron chi connectivity index (χ1n) is 5.44. The average molecular weight is 285 g/mol. The minimum absolute atomic E-state index is 0.110. The van der Waals surface area contributed by atoms with E-state index in [1.165, 1.54) is 6.07 Å². The Bertz CT molecular complexity index is 609. The maximum atomic E-state index is 12.0. The third-order valence-electron chi connectivity index (χ3n) is 2.45. The zero-order valence-corrected chi connectivity index (χ0v) is 11.2. The topological polar surface area (TPSA) is 51.1 Å². The van der Waals surface area contributed by atoms with Gasteiger partial charge in [-0.25, -0.2) is 13.1 Å². The van der Waals surface area contributed by atoms with Crippen LogP contribution in [0.25, 0.3) is 0 Å². The standard InChI is InChI=1S/C12H13ClN2O2S/c13-11-5-1-2-6-12(11)18(16,17)14-7-10-15-8-3-4-9-15/h1-6,8-9,14H,7,10H2. The number of nitrogens with one attached hydrogen (secondary N) is 1. The molecule has 96 valence electrons. The lowest BCUT2D eigenvalue weighted by molar-refractivity contribution is 0.573. The predicted octanol–water partition coefficient (Wildman–Crippen LogP) is 2.12. The Kier molecular flexibility index (Phi) is 4.06. The summed E-state index contributed by atoms with van der Waals surface area (Å²) in [4.78, 5) is 0.110. The summed E-state index contributed by atoms with van der Waals surface area (Å²) in [5, 5.41) is 0.228. The van der Waals surface area contributed by atoms with Crippen molar-refractivity contribution in [1.82, 2.24) is 9.29 Å². The highest BCUT2D eigenvalue weighted by Gasteiger charge is 2.16. The first kappa shape index (κ1) is 13.1. The fraction of sp³-hybridized carbons (Fsp3) is 0.167. The van der Waals surface area contributed by atoms with Crippen molar-refractivity contribution in [3.63, 3.8) is 0 Å². The van der Waals surface area contributed by atoms with E-state index < -0.39 is 10.0 Å². The lowest BCUT2D eigenvalue weighted by atomic mass is 10.4. The lowest BCUT2D eigenvalue weighted by Gasteiger charge is -2.08. The molecule has 0 fully saturated rings. The van der Waals surface area contributed by atoms with Crippen molar-refractivity contribution < 1.29 is 8.42 Å². The molecule has 1 N–H and O–H groups in total. The van der Waals surface area contributed by atoms with Crippen LogP contribution in [-0.4, -0.2) is 19.5 Å². The van der Waals surface area contributed by atoms with Crippen LogP contribution in [0.15, 0.2) is 53.7 Å². The van der Waals surface area contributed by atoms with E-state index in [1.54, 1.807) is 18.2 Å². The van der Waals surface area contributed by atoms with Crippen molar-refractivity contribution >= 4 is 21.6 Å². The van der Waals surface area contributed by atoms with Crippen LogP contribution in [0.4, 0.5) is 0 Å². The zero-order valence-electron chi connectivity index (χ0n) is 9.58. The lowest BCUT2D eigenvalue weighted by Crippen LogP contribution is -2.27. The van der Waals surface area contributed by atoms with E-state index in [9.17, 15) is 8.42 Å². The van der Waals surface area contributed by atoms with Gasteiger partial charge in [0.05, 0.1) is 5.02 Å². The summed E-state index contributed by atoms with van der Waals surface area (Å²) < 4.78 is 28.4. The first-order chi connectivity index (χ1) is 8.59. The van der Waals surface area contributed by atoms with Crippen LogP contribution >= 0.6 is 11.6 Å². The van der Waals surface area contributed by atoms with Gasteiger partial charge >= 0.3 is 0 Å². The Labute approximate surface area is 111 Å². The van der Waals surface area contributed by atoms with Gasteiger partial charge in [-0.15, -0.1) is 0 Å². The highest BCUT2D eigenvalue weighted by atomic mass is 35.5. The number of sulfonamides is 1. The van der Waals surface area contributed by atoms with Gasteiger partial charge in [-0.2, -0.15) is 0 Å². The molecule has 0 saturated heterocycles. The highest BCUT2D eigenvalue weighted by molar-refractivity contribution is 7.89. The maximum Gasteiger partial charge on any atom is 0.242 e. The van der Waals surface area contributed by atoms with Crippen LogP contribution in [0.2, 0.25) is 5.02 Å². The first-order valence-corrected chi connectivity index (χ1v) is 7.31. The molecule has 2 rings (SSSR count). The number of hydrogen-bond acceptors (Lipinski definition) is 2. The Morgan fingerprint density at radius 3 is 2.44 bits per heavy atom. The summed E-state index contributed by atoms with van der Waals surface area (Å²) in [6, 6.07) is 10.2. The number of nitrogens with zero attached hydrogens (tertiary/aromatic N) is 1. The molecule has 6 heteroatoms. The zero-order chi connectivity index (χ0) is 13.0. The molecule has 1 aromatic heterocycles. The fourth-order valence-corrected chi connectivity index (χ4v) is 3.11. The molecule has 1 aromatic carbocycles. The number of hydrogen-bond donors (Lipinski definition) is 1. The van der Waals surface area contributed by atoms with Crippen LogP contribution < -0.4 is 4.72 Å². The summed E-state index contributed by atoms with van der Waals surface area (Å²) >= 11 is 5.86. The van der Waals surface area contributed by atoms with Crippen molar-refractivity contribution in [2.24, 2.45) is 0 Å². The molecule has 0 atom stereocenters. The van der Waals surface area contributed by atoms with Crippen LogP contribution in [0.5, 0.6) is 0 Å². The number of aromatic nitrogens is 1. The summed E-state index contributed by atoms with van der Waals surface area (Å²) in [6.45, 7) is 0.902. The van der Waals surface area contributed by atoms with Crippen LogP contribution in [0.3, 0.4) is 0 Å². The highest BCUT2D eigenvalue weighted by Crippen LogP contribution is 2.19. The van der Waals surface area contributed by atoms with E-state index in [1.807, 2.05) is 29.1 Å². The molecule has 0 aliphatic rings. The van der Waals surface area contributed by atoms with E-state index in [-0.39, 0.29) is 9.92 Å². The smallest absolute Gasteiger partial charge is 0.242 e.